The molecule has 2 aromatic rings. The van der Waals surface area contributed by atoms with Gasteiger partial charge in [-0.3, -0.25) is 4.79 Å². The highest BCUT2D eigenvalue weighted by atomic mass is 16.5. The molecule has 1 aliphatic rings. The van der Waals surface area contributed by atoms with Crippen LogP contribution in [0.1, 0.15) is 64.1 Å². The zero-order chi connectivity index (χ0) is 21.5. The highest BCUT2D eigenvalue weighted by Crippen LogP contribution is 2.25. The van der Waals surface area contributed by atoms with E-state index in [-0.39, 0.29) is 11.9 Å². The fourth-order valence-electron chi connectivity index (χ4n) is 4.08. The summed E-state index contributed by atoms with van der Waals surface area (Å²) >= 11 is 0. The molecular formula is C26H36N2O2. The van der Waals surface area contributed by atoms with E-state index >= 15 is 0 Å². The Hall–Kier alpha value is -2.49. The van der Waals surface area contributed by atoms with Gasteiger partial charge >= 0.3 is 0 Å². The van der Waals surface area contributed by atoms with Crippen molar-refractivity contribution >= 4 is 11.6 Å². The lowest BCUT2D eigenvalue weighted by atomic mass is 9.99. The van der Waals surface area contributed by atoms with Crippen molar-refractivity contribution in [3.63, 3.8) is 0 Å². The molecule has 2 aromatic carbocycles. The third-order valence-electron chi connectivity index (χ3n) is 6.05. The number of hydrogen-bond acceptors (Lipinski definition) is 3. The molecule has 0 saturated carbocycles. The summed E-state index contributed by atoms with van der Waals surface area (Å²) < 4.78 is 5.95. The fraction of sp³-hybridized carbons (Fsp3) is 0.500. The van der Waals surface area contributed by atoms with Gasteiger partial charge in [0.1, 0.15) is 5.75 Å². The van der Waals surface area contributed by atoms with Crippen LogP contribution in [-0.4, -0.2) is 25.1 Å². The highest BCUT2D eigenvalue weighted by molar-refractivity contribution is 5.81. The first-order chi connectivity index (χ1) is 14.5. The van der Waals surface area contributed by atoms with E-state index < -0.39 is 6.10 Å². The van der Waals surface area contributed by atoms with E-state index in [2.05, 4.69) is 48.3 Å². The molecule has 0 aromatic heterocycles. The molecule has 1 amide bonds. The number of hydrogen-bond donors (Lipinski definition) is 1. The van der Waals surface area contributed by atoms with Crippen LogP contribution in [0.4, 0.5) is 5.69 Å². The van der Waals surface area contributed by atoms with Gasteiger partial charge in [-0.25, -0.2) is 0 Å². The number of ether oxygens (including phenoxy) is 1. The van der Waals surface area contributed by atoms with E-state index in [1.165, 1.54) is 24.1 Å². The molecule has 0 aliphatic carbocycles. The van der Waals surface area contributed by atoms with Crippen molar-refractivity contribution in [1.29, 1.82) is 0 Å². The molecule has 3 rings (SSSR count). The Kier molecular flexibility index (Phi) is 7.78. The number of carbonyl (C=O) groups is 1. The second kappa shape index (κ2) is 10.5. The van der Waals surface area contributed by atoms with Crippen LogP contribution in [0.2, 0.25) is 0 Å². The molecule has 1 heterocycles. The number of aryl methyl sites for hydroxylation is 1. The van der Waals surface area contributed by atoms with E-state index in [1.54, 1.807) is 0 Å². The average Bonchev–Trinajstić information content (AvgIpc) is 2.77. The Morgan fingerprint density at radius 1 is 1.13 bits per heavy atom. The third-order valence-corrected chi connectivity index (χ3v) is 6.05. The summed E-state index contributed by atoms with van der Waals surface area (Å²) in [6.45, 7) is 10.7. The molecule has 1 aliphatic heterocycles. The van der Waals surface area contributed by atoms with Gasteiger partial charge in [0.25, 0.3) is 5.91 Å². The van der Waals surface area contributed by atoms with Gasteiger partial charge < -0.3 is 15.0 Å². The van der Waals surface area contributed by atoms with Crippen molar-refractivity contribution in [2.75, 3.05) is 18.0 Å². The van der Waals surface area contributed by atoms with Crippen LogP contribution < -0.4 is 15.0 Å². The van der Waals surface area contributed by atoms with Crippen molar-refractivity contribution in [3.05, 3.63) is 59.7 Å². The molecule has 4 nitrogen and oxygen atoms in total. The monoisotopic (exact) mass is 408 g/mol. The maximum absolute atomic E-state index is 12.8. The zero-order valence-electron chi connectivity index (χ0n) is 18.9. The summed E-state index contributed by atoms with van der Waals surface area (Å²) in [4.78, 5) is 15.3. The first-order valence-corrected chi connectivity index (χ1v) is 11.4. The van der Waals surface area contributed by atoms with E-state index in [0.29, 0.717) is 6.42 Å². The summed E-state index contributed by atoms with van der Waals surface area (Å²) in [6.07, 6.45) is 3.70. The van der Waals surface area contributed by atoms with Crippen LogP contribution in [0, 0.1) is 5.92 Å². The first-order valence-electron chi connectivity index (χ1n) is 11.4. The Morgan fingerprint density at radius 3 is 2.43 bits per heavy atom. The van der Waals surface area contributed by atoms with E-state index in [9.17, 15) is 4.79 Å². The minimum Gasteiger partial charge on any atom is -0.481 e. The molecule has 0 bridgehead atoms. The van der Waals surface area contributed by atoms with Crippen LogP contribution in [0.5, 0.6) is 5.75 Å². The van der Waals surface area contributed by atoms with Crippen molar-refractivity contribution in [2.24, 2.45) is 5.92 Å². The normalized spacial score (nSPS) is 18.5. The lowest BCUT2D eigenvalue weighted by Crippen LogP contribution is -2.39. The Balaban J connectivity index is 1.57. The molecule has 0 spiro atoms. The second-order valence-corrected chi connectivity index (χ2v) is 8.53. The molecule has 0 unspecified atom stereocenters. The molecule has 162 valence electrons. The van der Waals surface area contributed by atoms with Gasteiger partial charge in [-0.1, -0.05) is 45.0 Å². The zero-order valence-corrected chi connectivity index (χ0v) is 18.9. The maximum Gasteiger partial charge on any atom is 0.261 e. The van der Waals surface area contributed by atoms with E-state index in [4.69, 9.17) is 4.74 Å². The fourth-order valence-corrected chi connectivity index (χ4v) is 4.08. The standard InChI is InChI=1S/C26H36N2O2/c1-5-21-9-15-24(16-10-21)30-25(6-2)26(29)27-20(4)22-11-13-23(14-12-22)28-17-7-8-19(3)18-28/h9-16,19-20,25H,5-8,17-18H2,1-4H3,(H,27,29)/t19-,20+,25+/m0/s1. The number of anilines is 1. The molecule has 1 saturated heterocycles. The van der Waals surface area contributed by atoms with Gasteiger partial charge in [0.05, 0.1) is 6.04 Å². The third kappa shape index (κ3) is 5.78. The number of amides is 1. The average molecular weight is 409 g/mol. The minimum absolute atomic E-state index is 0.0630. The maximum atomic E-state index is 12.8. The van der Waals surface area contributed by atoms with Crippen molar-refractivity contribution in [2.45, 2.75) is 65.5 Å². The highest BCUT2D eigenvalue weighted by Gasteiger charge is 2.21. The predicted octanol–water partition coefficient (Wildman–Crippen LogP) is 5.52. The van der Waals surface area contributed by atoms with Crippen LogP contribution in [0.15, 0.2) is 48.5 Å². The Morgan fingerprint density at radius 2 is 1.83 bits per heavy atom. The van der Waals surface area contributed by atoms with Crippen LogP contribution >= 0.6 is 0 Å². The van der Waals surface area contributed by atoms with Crippen LogP contribution in [0.25, 0.3) is 0 Å². The molecule has 0 radical (unpaired) electrons. The van der Waals surface area contributed by atoms with Gasteiger partial charge in [-0.2, -0.15) is 0 Å². The van der Waals surface area contributed by atoms with Gasteiger partial charge in [0, 0.05) is 18.8 Å². The number of carbonyl (C=O) groups excluding carboxylic acids is 1. The van der Waals surface area contributed by atoms with E-state index in [0.717, 1.165) is 36.7 Å². The lowest BCUT2D eigenvalue weighted by molar-refractivity contribution is -0.128. The van der Waals surface area contributed by atoms with Gasteiger partial charge in [0.2, 0.25) is 0 Å². The molecule has 4 heteroatoms. The van der Waals surface area contributed by atoms with Gasteiger partial charge in [-0.15, -0.1) is 0 Å². The number of rotatable bonds is 8. The molecule has 1 fully saturated rings. The number of nitrogens with one attached hydrogen (secondary N) is 1. The summed E-state index contributed by atoms with van der Waals surface area (Å²) in [5.74, 6) is 1.42. The second-order valence-electron chi connectivity index (χ2n) is 8.53. The topological polar surface area (TPSA) is 41.6 Å². The van der Waals surface area contributed by atoms with Crippen molar-refractivity contribution in [1.82, 2.24) is 5.32 Å². The summed E-state index contributed by atoms with van der Waals surface area (Å²) in [5, 5.41) is 3.12. The Bertz CT molecular complexity index is 801. The molecule has 1 N–H and O–H groups in total. The molecular weight excluding hydrogens is 372 g/mol. The van der Waals surface area contributed by atoms with E-state index in [1.807, 2.05) is 38.1 Å². The smallest absolute Gasteiger partial charge is 0.261 e. The lowest BCUT2D eigenvalue weighted by Gasteiger charge is -2.33. The summed E-state index contributed by atoms with van der Waals surface area (Å²) in [7, 11) is 0. The number of benzene rings is 2. The SMILES string of the molecule is CCc1ccc(O[C@H](CC)C(=O)N[C@H](C)c2ccc(N3CCC[C@H](C)C3)cc2)cc1. The Labute approximate surface area is 181 Å². The van der Waals surface area contributed by atoms with Gasteiger partial charge in [-0.05, 0) is 73.9 Å². The first kappa shape index (κ1) is 22.2. The number of nitrogens with zero attached hydrogens (tertiary/aromatic N) is 1. The number of piperidine rings is 1. The molecule has 30 heavy (non-hydrogen) atoms. The quantitative estimate of drug-likeness (QED) is 0.625. The largest absolute Gasteiger partial charge is 0.481 e. The minimum atomic E-state index is -0.492. The summed E-state index contributed by atoms with van der Waals surface area (Å²) in [6, 6.07) is 16.5. The molecule has 3 atom stereocenters. The predicted molar refractivity (Wildman–Crippen MR) is 124 cm³/mol. The van der Waals surface area contributed by atoms with Crippen LogP contribution in [-0.2, 0) is 11.2 Å². The van der Waals surface area contributed by atoms with Gasteiger partial charge in [0.15, 0.2) is 6.10 Å². The van der Waals surface area contributed by atoms with Crippen molar-refractivity contribution in [3.8, 4) is 5.75 Å². The van der Waals surface area contributed by atoms with Crippen LogP contribution in [0.3, 0.4) is 0 Å². The summed E-state index contributed by atoms with van der Waals surface area (Å²) in [5.41, 5.74) is 3.64. The van der Waals surface area contributed by atoms with Crippen molar-refractivity contribution < 1.29 is 9.53 Å².